The van der Waals surface area contributed by atoms with Crippen molar-refractivity contribution < 1.29 is 4.79 Å². The van der Waals surface area contributed by atoms with Gasteiger partial charge in [0.05, 0.1) is 6.54 Å². The largest absolute Gasteiger partial charge is 0.325 e. The fourth-order valence-corrected chi connectivity index (χ4v) is 2.55. The van der Waals surface area contributed by atoms with Crippen molar-refractivity contribution in [3.63, 3.8) is 0 Å². The van der Waals surface area contributed by atoms with Gasteiger partial charge in [0, 0.05) is 16.7 Å². The van der Waals surface area contributed by atoms with Crippen molar-refractivity contribution in [1.29, 1.82) is 0 Å². The average molecular weight is 325 g/mol. The third-order valence-corrected chi connectivity index (χ3v) is 4.54. The summed E-state index contributed by atoms with van der Waals surface area (Å²) in [6.45, 7) is 5.84. The van der Waals surface area contributed by atoms with Crippen LogP contribution in [0.2, 0.25) is 0 Å². The molecular formula is C15H21BrN2O. The maximum Gasteiger partial charge on any atom is 0.238 e. The molecule has 1 saturated carbocycles. The van der Waals surface area contributed by atoms with Gasteiger partial charge in [-0.15, -0.1) is 0 Å². The van der Waals surface area contributed by atoms with Gasteiger partial charge in [-0.05, 0) is 48.4 Å². The monoisotopic (exact) mass is 324 g/mol. The zero-order valence-corrected chi connectivity index (χ0v) is 13.1. The van der Waals surface area contributed by atoms with Gasteiger partial charge in [-0.3, -0.25) is 4.79 Å². The van der Waals surface area contributed by atoms with E-state index in [4.69, 9.17) is 0 Å². The first-order valence-electron chi connectivity index (χ1n) is 6.78. The third kappa shape index (κ3) is 4.05. The summed E-state index contributed by atoms with van der Waals surface area (Å²) in [5.74, 6) is 0.705. The van der Waals surface area contributed by atoms with Crippen molar-refractivity contribution in [1.82, 2.24) is 5.32 Å². The number of amides is 1. The molecule has 3 nitrogen and oxygen atoms in total. The number of halogens is 1. The molecule has 0 unspecified atom stereocenters. The highest BCUT2D eigenvalue weighted by atomic mass is 79.9. The molecule has 4 heteroatoms. The summed E-state index contributed by atoms with van der Waals surface area (Å²) in [6, 6.07) is 7.61. The van der Waals surface area contributed by atoms with Crippen LogP contribution >= 0.6 is 15.9 Å². The molecule has 0 aliphatic heterocycles. The van der Waals surface area contributed by atoms with Crippen LogP contribution in [0, 0.1) is 11.3 Å². The molecule has 2 rings (SSSR count). The lowest BCUT2D eigenvalue weighted by Gasteiger charge is -2.19. The van der Waals surface area contributed by atoms with E-state index < -0.39 is 0 Å². The molecule has 1 fully saturated rings. The molecule has 1 aromatic rings. The number of rotatable bonds is 6. The Bertz CT molecular complexity index is 438. The summed E-state index contributed by atoms with van der Waals surface area (Å²) in [5, 5.41) is 6.16. The van der Waals surface area contributed by atoms with Crippen LogP contribution in [-0.4, -0.2) is 19.0 Å². The summed E-state index contributed by atoms with van der Waals surface area (Å²) in [4.78, 5) is 11.8. The predicted octanol–water partition coefficient (Wildman–Crippen LogP) is 3.41. The zero-order chi connectivity index (χ0) is 13.9. The molecule has 0 radical (unpaired) electrons. The molecule has 0 aromatic heterocycles. The molecule has 0 heterocycles. The number of nitrogens with one attached hydrogen (secondary N) is 2. The number of carbonyl (C=O) groups excluding carboxylic acids is 1. The SMILES string of the molecule is CC(C)C1(CNCC(=O)Nc2ccc(Br)cc2)CC1. The molecule has 1 aromatic carbocycles. The lowest BCUT2D eigenvalue weighted by atomic mass is 9.92. The first-order valence-corrected chi connectivity index (χ1v) is 7.57. The van der Waals surface area contributed by atoms with E-state index in [9.17, 15) is 4.79 Å². The maximum absolute atomic E-state index is 11.8. The Balaban J connectivity index is 1.72. The molecule has 104 valence electrons. The number of anilines is 1. The third-order valence-electron chi connectivity index (χ3n) is 4.01. The molecular weight excluding hydrogens is 304 g/mol. The Kier molecular flexibility index (Phi) is 4.63. The molecule has 1 aliphatic carbocycles. The molecule has 19 heavy (non-hydrogen) atoms. The van der Waals surface area contributed by atoms with Gasteiger partial charge < -0.3 is 10.6 Å². The summed E-state index contributed by atoms with van der Waals surface area (Å²) >= 11 is 3.37. The topological polar surface area (TPSA) is 41.1 Å². The van der Waals surface area contributed by atoms with Gasteiger partial charge in [0.1, 0.15) is 0 Å². The molecule has 0 atom stereocenters. The fraction of sp³-hybridized carbons (Fsp3) is 0.533. The normalized spacial score (nSPS) is 16.4. The van der Waals surface area contributed by atoms with Crippen LogP contribution in [0.3, 0.4) is 0 Å². The average Bonchev–Trinajstić information content (AvgIpc) is 3.13. The van der Waals surface area contributed by atoms with Crippen molar-refractivity contribution in [2.75, 3.05) is 18.4 Å². The van der Waals surface area contributed by atoms with Gasteiger partial charge in [-0.2, -0.15) is 0 Å². The Morgan fingerprint density at radius 3 is 2.47 bits per heavy atom. The highest BCUT2D eigenvalue weighted by molar-refractivity contribution is 9.10. The fourth-order valence-electron chi connectivity index (χ4n) is 2.28. The van der Waals surface area contributed by atoms with Gasteiger partial charge in [0.2, 0.25) is 5.91 Å². The van der Waals surface area contributed by atoms with E-state index in [1.54, 1.807) is 0 Å². The standard InChI is InChI=1S/C15H21BrN2O/c1-11(2)15(7-8-15)10-17-9-14(19)18-13-5-3-12(16)4-6-13/h3-6,11,17H,7-10H2,1-2H3,(H,18,19). The minimum absolute atomic E-state index is 0.0156. The van der Waals surface area contributed by atoms with E-state index >= 15 is 0 Å². The van der Waals surface area contributed by atoms with Crippen LogP contribution in [0.1, 0.15) is 26.7 Å². The van der Waals surface area contributed by atoms with E-state index in [2.05, 4.69) is 40.4 Å². The van der Waals surface area contributed by atoms with Crippen molar-refractivity contribution in [3.05, 3.63) is 28.7 Å². The molecule has 1 aliphatic rings. The number of carbonyl (C=O) groups is 1. The second-order valence-electron chi connectivity index (χ2n) is 5.68. The quantitative estimate of drug-likeness (QED) is 0.841. The van der Waals surface area contributed by atoms with Crippen LogP contribution in [-0.2, 0) is 4.79 Å². The Morgan fingerprint density at radius 1 is 1.32 bits per heavy atom. The minimum Gasteiger partial charge on any atom is -0.325 e. The van der Waals surface area contributed by atoms with E-state index in [1.165, 1.54) is 12.8 Å². The van der Waals surface area contributed by atoms with E-state index in [0.29, 0.717) is 17.9 Å². The van der Waals surface area contributed by atoms with E-state index in [-0.39, 0.29) is 5.91 Å². The van der Waals surface area contributed by atoms with Crippen molar-refractivity contribution in [3.8, 4) is 0 Å². The van der Waals surface area contributed by atoms with Crippen molar-refractivity contribution in [2.24, 2.45) is 11.3 Å². The van der Waals surface area contributed by atoms with Gasteiger partial charge in [-0.25, -0.2) is 0 Å². The Hall–Kier alpha value is -0.870. The van der Waals surface area contributed by atoms with Gasteiger partial charge in [0.15, 0.2) is 0 Å². The smallest absolute Gasteiger partial charge is 0.238 e. The summed E-state index contributed by atoms with van der Waals surface area (Å²) < 4.78 is 1.01. The first-order chi connectivity index (χ1) is 9.02. The second-order valence-corrected chi connectivity index (χ2v) is 6.59. The highest BCUT2D eigenvalue weighted by Crippen LogP contribution is 2.51. The van der Waals surface area contributed by atoms with Gasteiger partial charge in [-0.1, -0.05) is 29.8 Å². The van der Waals surface area contributed by atoms with Crippen LogP contribution in [0.4, 0.5) is 5.69 Å². The van der Waals surface area contributed by atoms with Gasteiger partial charge >= 0.3 is 0 Å². The predicted molar refractivity (Wildman–Crippen MR) is 82.1 cm³/mol. The highest BCUT2D eigenvalue weighted by Gasteiger charge is 2.44. The van der Waals surface area contributed by atoms with E-state index in [1.807, 2.05) is 24.3 Å². The maximum atomic E-state index is 11.8. The van der Waals surface area contributed by atoms with Crippen LogP contribution in [0.15, 0.2) is 28.7 Å². The molecule has 0 bridgehead atoms. The summed E-state index contributed by atoms with van der Waals surface area (Å²) in [5.41, 5.74) is 1.28. The summed E-state index contributed by atoms with van der Waals surface area (Å²) in [7, 11) is 0. The van der Waals surface area contributed by atoms with E-state index in [0.717, 1.165) is 16.7 Å². The number of hydrogen-bond donors (Lipinski definition) is 2. The number of hydrogen-bond acceptors (Lipinski definition) is 2. The van der Waals surface area contributed by atoms with Crippen LogP contribution in [0.5, 0.6) is 0 Å². The summed E-state index contributed by atoms with van der Waals surface area (Å²) in [6.07, 6.45) is 2.57. The first kappa shape index (κ1) is 14.5. The Morgan fingerprint density at radius 2 is 1.95 bits per heavy atom. The molecule has 0 saturated heterocycles. The van der Waals surface area contributed by atoms with Crippen molar-refractivity contribution >= 4 is 27.5 Å². The van der Waals surface area contributed by atoms with Crippen LogP contribution in [0.25, 0.3) is 0 Å². The molecule has 0 spiro atoms. The van der Waals surface area contributed by atoms with Crippen LogP contribution < -0.4 is 10.6 Å². The van der Waals surface area contributed by atoms with Gasteiger partial charge in [0.25, 0.3) is 0 Å². The lowest BCUT2D eigenvalue weighted by Crippen LogP contribution is -2.34. The number of benzene rings is 1. The zero-order valence-electron chi connectivity index (χ0n) is 11.5. The molecule has 1 amide bonds. The Labute approximate surface area is 123 Å². The minimum atomic E-state index is 0.0156. The molecule has 2 N–H and O–H groups in total. The lowest BCUT2D eigenvalue weighted by molar-refractivity contribution is -0.115. The second kappa shape index (κ2) is 6.06. The van der Waals surface area contributed by atoms with Crippen molar-refractivity contribution in [2.45, 2.75) is 26.7 Å².